The molecule has 0 atom stereocenters. The Morgan fingerprint density at radius 1 is 1.14 bits per heavy atom. The lowest BCUT2D eigenvalue weighted by Crippen LogP contribution is -2.26. The molecule has 120 valence electrons. The fourth-order valence-corrected chi connectivity index (χ4v) is 3.89. The van der Waals surface area contributed by atoms with Crippen LogP contribution in [0.3, 0.4) is 0 Å². The third kappa shape index (κ3) is 5.65. The second-order valence-electron chi connectivity index (χ2n) is 4.51. The minimum atomic E-state index is -4.06. The van der Waals surface area contributed by atoms with Crippen LogP contribution in [0.25, 0.3) is 0 Å². The average Bonchev–Trinajstić information content (AvgIpc) is 2.37. The molecule has 5 nitrogen and oxygen atoms in total. The monoisotopic (exact) mass is 401 g/mol. The molecule has 0 fully saturated rings. The minimum absolute atomic E-state index is 0.178. The van der Waals surface area contributed by atoms with Crippen molar-refractivity contribution in [2.45, 2.75) is 29.1 Å². The highest BCUT2D eigenvalue weighted by atomic mass is 79.9. The summed E-state index contributed by atoms with van der Waals surface area (Å²) < 4.78 is 62.8. The van der Waals surface area contributed by atoms with Crippen molar-refractivity contribution >= 4 is 35.8 Å². The first-order valence-corrected chi connectivity index (χ1v) is 10.7. The number of hydrogen-bond acceptors (Lipinski definition) is 4. The van der Waals surface area contributed by atoms with E-state index in [9.17, 15) is 21.2 Å². The first-order chi connectivity index (χ1) is 9.68. The number of alkyl halides is 1. The van der Waals surface area contributed by atoms with Gasteiger partial charge in [-0.05, 0) is 31.0 Å². The number of benzene rings is 1. The van der Waals surface area contributed by atoms with E-state index in [-0.39, 0.29) is 11.4 Å². The maximum absolute atomic E-state index is 13.7. The standard InChI is InChI=1S/C12H17BrFNO4S2/c1-20(16,17)10-5-6-11(14)12(9-10)21(18,19)15-8-4-2-3-7-13/h5-6,9,15H,2-4,7-8H2,1H3. The van der Waals surface area contributed by atoms with Crippen molar-refractivity contribution in [3.05, 3.63) is 24.0 Å². The van der Waals surface area contributed by atoms with Crippen molar-refractivity contribution < 1.29 is 21.2 Å². The SMILES string of the molecule is CS(=O)(=O)c1ccc(F)c(S(=O)(=O)NCCCCCBr)c1. The lowest BCUT2D eigenvalue weighted by molar-refractivity contribution is 0.552. The first kappa shape index (κ1) is 18.5. The van der Waals surface area contributed by atoms with Gasteiger partial charge in [-0.25, -0.2) is 25.9 Å². The van der Waals surface area contributed by atoms with Gasteiger partial charge in [0.2, 0.25) is 10.0 Å². The van der Waals surface area contributed by atoms with Crippen LogP contribution in [0.4, 0.5) is 4.39 Å². The molecule has 0 aliphatic heterocycles. The summed E-state index contributed by atoms with van der Waals surface area (Å²) in [5.74, 6) is -0.977. The Bertz CT molecular complexity index is 689. The number of unbranched alkanes of at least 4 members (excludes halogenated alkanes) is 2. The molecular weight excluding hydrogens is 385 g/mol. The number of hydrogen-bond donors (Lipinski definition) is 1. The highest BCUT2D eigenvalue weighted by molar-refractivity contribution is 9.09. The summed E-state index contributed by atoms with van der Waals surface area (Å²) in [6.07, 6.45) is 3.31. The first-order valence-electron chi connectivity index (χ1n) is 6.24. The molecule has 21 heavy (non-hydrogen) atoms. The number of sulfone groups is 1. The molecule has 0 saturated carbocycles. The van der Waals surface area contributed by atoms with Gasteiger partial charge in [0.25, 0.3) is 0 Å². The smallest absolute Gasteiger partial charge is 0.224 e. The summed E-state index contributed by atoms with van der Waals surface area (Å²) >= 11 is 3.27. The molecule has 1 N–H and O–H groups in total. The summed E-state index contributed by atoms with van der Waals surface area (Å²) in [5, 5.41) is 0.838. The number of halogens is 2. The van der Waals surface area contributed by atoms with Crippen molar-refractivity contribution in [3.63, 3.8) is 0 Å². The largest absolute Gasteiger partial charge is 0.243 e. The highest BCUT2D eigenvalue weighted by Gasteiger charge is 2.21. The zero-order chi connectivity index (χ0) is 16.1. The van der Waals surface area contributed by atoms with E-state index in [2.05, 4.69) is 20.7 Å². The Balaban J connectivity index is 2.92. The van der Waals surface area contributed by atoms with Crippen LogP contribution in [-0.2, 0) is 19.9 Å². The molecule has 9 heteroatoms. The van der Waals surface area contributed by atoms with Crippen molar-refractivity contribution in [2.75, 3.05) is 18.1 Å². The van der Waals surface area contributed by atoms with E-state index >= 15 is 0 Å². The minimum Gasteiger partial charge on any atom is -0.224 e. The Morgan fingerprint density at radius 2 is 1.81 bits per heavy atom. The zero-order valence-corrected chi connectivity index (χ0v) is 14.7. The predicted octanol–water partition coefficient (Wildman–Crippen LogP) is 2.07. The van der Waals surface area contributed by atoms with Crippen molar-refractivity contribution in [1.82, 2.24) is 4.72 Å². The number of sulfonamides is 1. The molecule has 1 aromatic carbocycles. The van der Waals surface area contributed by atoms with Gasteiger partial charge in [-0.1, -0.05) is 22.4 Å². The van der Waals surface area contributed by atoms with Crippen LogP contribution in [0.1, 0.15) is 19.3 Å². The summed E-state index contributed by atoms with van der Waals surface area (Å²) in [7, 11) is -7.66. The predicted molar refractivity (Wildman–Crippen MR) is 82.3 cm³/mol. The Kier molecular flexibility index (Phi) is 6.76. The van der Waals surface area contributed by atoms with Crippen LogP contribution >= 0.6 is 15.9 Å². The van der Waals surface area contributed by atoms with Crippen LogP contribution in [-0.4, -0.2) is 35.0 Å². The third-order valence-corrected chi connectivity index (χ3v) is 5.87. The molecule has 0 saturated heterocycles. The van der Waals surface area contributed by atoms with Crippen molar-refractivity contribution in [1.29, 1.82) is 0 Å². The van der Waals surface area contributed by atoms with Gasteiger partial charge in [-0.2, -0.15) is 0 Å². The average molecular weight is 402 g/mol. The van der Waals surface area contributed by atoms with Crippen LogP contribution in [0.2, 0.25) is 0 Å². The van der Waals surface area contributed by atoms with E-state index in [1.165, 1.54) is 0 Å². The molecule has 0 aliphatic rings. The number of rotatable bonds is 8. The summed E-state index contributed by atoms with van der Waals surface area (Å²) in [6, 6.07) is 2.72. The lowest BCUT2D eigenvalue weighted by Gasteiger charge is -2.09. The topological polar surface area (TPSA) is 80.3 Å². The number of nitrogens with one attached hydrogen (secondary N) is 1. The molecule has 0 heterocycles. The zero-order valence-electron chi connectivity index (χ0n) is 11.5. The van der Waals surface area contributed by atoms with Crippen molar-refractivity contribution in [2.24, 2.45) is 0 Å². The second kappa shape index (κ2) is 7.66. The molecule has 0 unspecified atom stereocenters. The van der Waals surface area contributed by atoms with Gasteiger partial charge in [-0.3, -0.25) is 0 Å². The van der Waals surface area contributed by atoms with Crippen molar-refractivity contribution in [3.8, 4) is 0 Å². The quantitative estimate of drug-likeness (QED) is 0.410. The molecule has 0 radical (unpaired) electrons. The Hall–Kier alpha value is -0.510. The maximum atomic E-state index is 13.7. The summed E-state index contributed by atoms with van der Waals surface area (Å²) in [5.41, 5.74) is 0. The van der Waals surface area contributed by atoms with Gasteiger partial charge in [0.1, 0.15) is 10.7 Å². The lowest BCUT2D eigenvalue weighted by atomic mass is 10.3. The van der Waals surface area contributed by atoms with Crippen LogP contribution in [0.5, 0.6) is 0 Å². The van der Waals surface area contributed by atoms with E-state index in [0.29, 0.717) is 6.42 Å². The van der Waals surface area contributed by atoms with Gasteiger partial charge >= 0.3 is 0 Å². The van der Waals surface area contributed by atoms with E-state index in [4.69, 9.17) is 0 Å². The van der Waals surface area contributed by atoms with Gasteiger partial charge in [0.05, 0.1) is 4.90 Å². The van der Waals surface area contributed by atoms with Crippen LogP contribution < -0.4 is 4.72 Å². The second-order valence-corrected chi connectivity index (χ2v) is 9.06. The molecule has 0 aromatic heterocycles. The molecule has 0 spiro atoms. The van der Waals surface area contributed by atoms with E-state index in [1.54, 1.807) is 0 Å². The fraction of sp³-hybridized carbons (Fsp3) is 0.500. The molecule has 1 rings (SSSR count). The summed E-state index contributed by atoms with van der Waals surface area (Å²) in [6.45, 7) is 0.178. The molecule has 0 amide bonds. The van der Waals surface area contributed by atoms with Crippen LogP contribution in [0, 0.1) is 5.82 Å². The van der Waals surface area contributed by atoms with E-state index < -0.39 is 30.6 Å². The van der Waals surface area contributed by atoms with Gasteiger partial charge in [0, 0.05) is 18.1 Å². The Morgan fingerprint density at radius 3 is 2.38 bits per heavy atom. The van der Waals surface area contributed by atoms with Gasteiger partial charge < -0.3 is 0 Å². The third-order valence-electron chi connectivity index (χ3n) is 2.72. The normalized spacial score (nSPS) is 12.5. The fourth-order valence-electron chi connectivity index (χ4n) is 1.60. The van der Waals surface area contributed by atoms with Gasteiger partial charge in [-0.15, -0.1) is 0 Å². The molecule has 0 bridgehead atoms. The van der Waals surface area contributed by atoms with E-state index in [0.717, 1.165) is 42.6 Å². The van der Waals surface area contributed by atoms with Gasteiger partial charge in [0.15, 0.2) is 9.84 Å². The summed E-state index contributed by atoms with van der Waals surface area (Å²) in [4.78, 5) is -0.880. The van der Waals surface area contributed by atoms with Crippen LogP contribution in [0.15, 0.2) is 28.0 Å². The molecule has 0 aliphatic carbocycles. The molecule has 1 aromatic rings. The van der Waals surface area contributed by atoms with E-state index in [1.807, 2.05) is 0 Å². The highest BCUT2D eigenvalue weighted by Crippen LogP contribution is 2.19. The maximum Gasteiger partial charge on any atom is 0.243 e. The Labute approximate surface area is 133 Å². The molecular formula is C12H17BrFNO4S2.